The third-order valence-corrected chi connectivity index (χ3v) is 4.80. The molecule has 17 heavy (non-hydrogen) atoms. The third kappa shape index (κ3) is 3.22. The van der Waals surface area contributed by atoms with Gasteiger partial charge < -0.3 is 10.6 Å². The summed E-state index contributed by atoms with van der Waals surface area (Å²) in [5.41, 5.74) is 5.83. The maximum absolute atomic E-state index is 12.1. The van der Waals surface area contributed by atoms with Crippen LogP contribution >= 0.6 is 39.7 Å². The summed E-state index contributed by atoms with van der Waals surface area (Å²) in [6.45, 7) is 4.38. The number of amides is 1. The lowest BCUT2D eigenvalue weighted by Crippen LogP contribution is -2.34. The Morgan fingerprint density at radius 2 is 2.41 bits per heavy atom. The molecule has 0 bridgehead atoms. The summed E-state index contributed by atoms with van der Waals surface area (Å²) < 4.78 is 0.974. The van der Waals surface area contributed by atoms with Crippen LogP contribution in [0.4, 0.5) is 0 Å². The lowest BCUT2D eigenvalue weighted by molar-refractivity contribution is 0.0781. The van der Waals surface area contributed by atoms with Gasteiger partial charge in [0.25, 0.3) is 5.91 Å². The third-order valence-electron chi connectivity index (χ3n) is 3.12. The molecule has 3 nitrogen and oxygen atoms in total. The van der Waals surface area contributed by atoms with Gasteiger partial charge in [0.1, 0.15) is 0 Å². The van der Waals surface area contributed by atoms with Crippen molar-refractivity contribution in [2.75, 3.05) is 19.6 Å². The van der Waals surface area contributed by atoms with Gasteiger partial charge in [-0.3, -0.25) is 4.79 Å². The highest BCUT2D eigenvalue weighted by molar-refractivity contribution is 9.10. The van der Waals surface area contributed by atoms with Gasteiger partial charge in [-0.25, -0.2) is 0 Å². The molecule has 1 amide bonds. The molecule has 1 atom stereocenters. The van der Waals surface area contributed by atoms with Crippen LogP contribution in [0, 0.1) is 5.41 Å². The van der Waals surface area contributed by atoms with E-state index in [0.717, 1.165) is 28.9 Å². The molecule has 2 heterocycles. The Kier molecular flexibility index (Phi) is 5.01. The zero-order valence-corrected chi connectivity index (χ0v) is 12.8. The molecule has 1 fully saturated rings. The Bertz CT molecular complexity index is 412. The summed E-state index contributed by atoms with van der Waals surface area (Å²) >= 11 is 4.85. The van der Waals surface area contributed by atoms with Gasteiger partial charge in [0.15, 0.2) is 0 Å². The van der Waals surface area contributed by atoms with E-state index in [1.807, 2.05) is 16.3 Å². The predicted molar refractivity (Wildman–Crippen MR) is 76.9 cm³/mol. The lowest BCUT2D eigenvalue weighted by Gasteiger charge is -2.22. The van der Waals surface area contributed by atoms with Crippen LogP contribution in [0.1, 0.15) is 23.0 Å². The number of hydrogen-bond donors (Lipinski definition) is 1. The summed E-state index contributed by atoms with van der Waals surface area (Å²) in [6, 6.07) is 1.88. The fraction of sp³-hybridized carbons (Fsp3) is 0.545. The van der Waals surface area contributed by atoms with Crippen molar-refractivity contribution in [3.63, 3.8) is 0 Å². The second kappa shape index (κ2) is 5.69. The Morgan fingerprint density at radius 1 is 1.71 bits per heavy atom. The second-order valence-corrected chi connectivity index (χ2v) is 6.45. The average molecular weight is 340 g/mol. The molecule has 1 aromatic rings. The Labute approximate surface area is 120 Å². The normalized spacial score (nSPS) is 23.6. The van der Waals surface area contributed by atoms with Crippen LogP contribution in [0.15, 0.2) is 15.9 Å². The zero-order chi connectivity index (χ0) is 11.8. The number of nitrogens with zero attached hydrogens (tertiary/aromatic N) is 1. The maximum atomic E-state index is 12.1. The first-order chi connectivity index (χ1) is 7.54. The fourth-order valence-corrected chi connectivity index (χ4v) is 3.34. The number of rotatable bonds is 2. The Morgan fingerprint density at radius 3 is 2.88 bits per heavy atom. The first-order valence-corrected chi connectivity index (χ1v) is 6.95. The van der Waals surface area contributed by atoms with Gasteiger partial charge in [-0.2, -0.15) is 0 Å². The molecular formula is C11H16BrClN2OS. The van der Waals surface area contributed by atoms with Gasteiger partial charge in [-0.15, -0.1) is 23.7 Å². The van der Waals surface area contributed by atoms with E-state index in [4.69, 9.17) is 5.73 Å². The number of likely N-dealkylation sites (tertiary alicyclic amines) is 1. The van der Waals surface area contributed by atoms with Gasteiger partial charge in [-0.05, 0) is 40.4 Å². The fourth-order valence-electron chi connectivity index (χ4n) is 1.94. The topological polar surface area (TPSA) is 46.3 Å². The highest BCUT2D eigenvalue weighted by atomic mass is 79.9. The molecule has 0 aliphatic carbocycles. The quantitative estimate of drug-likeness (QED) is 0.900. The standard InChI is InChI=1S/C11H15BrN2OS.ClH/c1-11(6-13)2-3-14(7-11)10(15)9-4-8(12)5-16-9;/h4-5H,2-3,6-7,13H2,1H3;1H. The van der Waals surface area contributed by atoms with E-state index in [2.05, 4.69) is 22.9 Å². The van der Waals surface area contributed by atoms with Crippen molar-refractivity contribution in [2.24, 2.45) is 11.1 Å². The smallest absolute Gasteiger partial charge is 0.263 e. The molecule has 0 saturated carbocycles. The molecule has 6 heteroatoms. The van der Waals surface area contributed by atoms with Crippen LogP contribution in [-0.2, 0) is 0 Å². The van der Waals surface area contributed by atoms with E-state index in [-0.39, 0.29) is 23.7 Å². The number of halogens is 2. The largest absolute Gasteiger partial charge is 0.337 e. The highest BCUT2D eigenvalue weighted by Gasteiger charge is 2.35. The van der Waals surface area contributed by atoms with E-state index in [0.29, 0.717) is 6.54 Å². The minimum absolute atomic E-state index is 0. The molecule has 0 aromatic carbocycles. The Hall–Kier alpha value is -0.100. The molecular weight excluding hydrogens is 324 g/mol. The van der Waals surface area contributed by atoms with E-state index >= 15 is 0 Å². The number of nitrogens with two attached hydrogens (primary N) is 1. The number of carbonyl (C=O) groups is 1. The SMILES string of the molecule is CC1(CN)CCN(C(=O)c2cc(Br)cs2)C1.Cl. The number of hydrogen-bond acceptors (Lipinski definition) is 3. The van der Waals surface area contributed by atoms with Crippen molar-refractivity contribution in [1.29, 1.82) is 0 Å². The van der Waals surface area contributed by atoms with Crippen molar-refractivity contribution >= 4 is 45.6 Å². The predicted octanol–water partition coefficient (Wildman–Crippen LogP) is 2.74. The van der Waals surface area contributed by atoms with Crippen molar-refractivity contribution in [1.82, 2.24) is 4.90 Å². The zero-order valence-electron chi connectivity index (χ0n) is 9.61. The van der Waals surface area contributed by atoms with Gasteiger partial charge >= 0.3 is 0 Å². The molecule has 2 N–H and O–H groups in total. The van der Waals surface area contributed by atoms with Gasteiger partial charge in [-0.1, -0.05) is 6.92 Å². The van der Waals surface area contributed by atoms with Crippen LogP contribution < -0.4 is 5.73 Å². The van der Waals surface area contributed by atoms with Crippen LogP contribution in [-0.4, -0.2) is 30.4 Å². The molecule has 1 saturated heterocycles. The Balaban J connectivity index is 0.00000144. The van der Waals surface area contributed by atoms with Crippen LogP contribution in [0.5, 0.6) is 0 Å². The molecule has 1 aliphatic rings. The molecule has 1 aliphatic heterocycles. The summed E-state index contributed by atoms with van der Waals surface area (Å²) in [4.78, 5) is 14.8. The summed E-state index contributed by atoms with van der Waals surface area (Å²) in [6.07, 6.45) is 1.00. The average Bonchev–Trinajstić information content (AvgIpc) is 2.85. The summed E-state index contributed by atoms with van der Waals surface area (Å²) in [5.74, 6) is 0.132. The van der Waals surface area contributed by atoms with Crippen LogP contribution in [0.25, 0.3) is 0 Å². The lowest BCUT2D eigenvalue weighted by atomic mass is 9.90. The van der Waals surface area contributed by atoms with Crippen molar-refractivity contribution < 1.29 is 4.79 Å². The van der Waals surface area contributed by atoms with E-state index in [1.54, 1.807) is 0 Å². The van der Waals surface area contributed by atoms with E-state index in [9.17, 15) is 4.79 Å². The minimum atomic E-state index is 0. The number of carbonyl (C=O) groups excluding carboxylic acids is 1. The number of thiophene rings is 1. The van der Waals surface area contributed by atoms with Crippen LogP contribution in [0.2, 0.25) is 0 Å². The molecule has 96 valence electrons. The van der Waals surface area contributed by atoms with Crippen LogP contribution in [0.3, 0.4) is 0 Å². The summed E-state index contributed by atoms with van der Waals surface area (Å²) in [5, 5.41) is 1.94. The highest BCUT2D eigenvalue weighted by Crippen LogP contribution is 2.30. The first kappa shape index (κ1) is 15.0. The van der Waals surface area contributed by atoms with Gasteiger partial charge in [0.2, 0.25) is 0 Å². The van der Waals surface area contributed by atoms with Crippen molar-refractivity contribution in [3.05, 3.63) is 20.8 Å². The minimum Gasteiger partial charge on any atom is -0.337 e. The van der Waals surface area contributed by atoms with E-state index in [1.165, 1.54) is 11.3 Å². The molecule has 1 aromatic heterocycles. The molecule has 0 radical (unpaired) electrons. The molecule has 1 unspecified atom stereocenters. The second-order valence-electron chi connectivity index (χ2n) is 4.62. The first-order valence-electron chi connectivity index (χ1n) is 5.27. The monoisotopic (exact) mass is 338 g/mol. The molecule has 2 rings (SSSR count). The summed E-state index contributed by atoms with van der Waals surface area (Å²) in [7, 11) is 0. The van der Waals surface area contributed by atoms with E-state index < -0.39 is 0 Å². The maximum Gasteiger partial charge on any atom is 0.263 e. The van der Waals surface area contributed by atoms with Gasteiger partial charge in [0.05, 0.1) is 4.88 Å². The van der Waals surface area contributed by atoms with Crippen molar-refractivity contribution in [3.8, 4) is 0 Å². The van der Waals surface area contributed by atoms with Gasteiger partial charge in [0, 0.05) is 22.9 Å². The molecule has 0 spiro atoms. The van der Waals surface area contributed by atoms with Crippen molar-refractivity contribution in [2.45, 2.75) is 13.3 Å².